The van der Waals surface area contributed by atoms with E-state index in [-0.39, 0.29) is 0 Å². The highest BCUT2D eigenvalue weighted by Crippen LogP contribution is 1.93. The predicted octanol–water partition coefficient (Wildman–Crippen LogP) is 0.912. The van der Waals surface area contributed by atoms with Crippen LogP contribution in [-0.2, 0) is 6.54 Å². The second-order valence-corrected chi connectivity index (χ2v) is 3.86. The zero-order valence-corrected chi connectivity index (χ0v) is 8.57. The van der Waals surface area contributed by atoms with Crippen molar-refractivity contribution in [1.82, 2.24) is 20.1 Å². The molecule has 13 heavy (non-hydrogen) atoms. The monoisotopic (exact) mass is 182 g/mol. The Morgan fingerprint density at radius 1 is 1.23 bits per heavy atom. The van der Waals surface area contributed by atoms with Gasteiger partial charge in [-0.2, -0.15) is 0 Å². The number of hydrogen-bond acceptors (Lipinski definition) is 3. The van der Waals surface area contributed by atoms with Crippen LogP contribution in [0.5, 0.6) is 0 Å². The van der Waals surface area contributed by atoms with E-state index in [4.69, 9.17) is 0 Å². The van der Waals surface area contributed by atoms with Crippen LogP contribution in [-0.4, -0.2) is 27.4 Å². The molecule has 0 aliphatic heterocycles. The molecular weight excluding hydrogens is 164 g/mol. The molecule has 0 saturated carbocycles. The van der Waals surface area contributed by atoms with Gasteiger partial charge < -0.3 is 9.88 Å². The van der Waals surface area contributed by atoms with Crippen LogP contribution in [0, 0.1) is 5.92 Å². The lowest BCUT2D eigenvalue weighted by molar-refractivity contribution is 0.440. The predicted molar refractivity (Wildman–Crippen MR) is 52.3 cm³/mol. The van der Waals surface area contributed by atoms with E-state index in [1.807, 2.05) is 4.57 Å². The Labute approximate surface area is 79.4 Å². The Bertz CT molecular complexity index is 218. The van der Waals surface area contributed by atoms with Crippen molar-refractivity contribution in [3.8, 4) is 0 Å². The van der Waals surface area contributed by atoms with Crippen LogP contribution < -0.4 is 5.32 Å². The maximum Gasteiger partial charge on any atom is 0.119 e. The summed E-state index contributed by atoms with van der Waals surface area (Å²) in [5, 5.41) is 11.0. The Hall–Kier alpha value is -0.900. The van der Waals surface area contributed by atoms with Crippen molar-refractivity contribution >= 4 is 0 Å². The first-order valence-corrected chi connectivity index (χ1v) is 4.74. The van der Waals surface area contributed by atoms with Crippen molar-refractivity contribution in [2.75, 3.05) is 6.54 Å². The van der Waals surface area contributed by atoms with Crippen molar-refractivity contribution in [2.24, 2.45) is 5.92 Å². The first-order valence-electron chi connectivity index (χ1n) is 4.74. The molecule has 1 aromatic heterocycles. The molecule has 0 fully saturated rings. The van der Waals surface area contributed by atoms with Gasteiger partial charge in [-0.25, -0.2) is 0 Å². The average Bonchev–Trinajstić information content (AvgIpc) is 2.53. The van der Waals surface area contributed by atoms with Crippen LogP contribution >= 0.6 is 0 Å². The first-order chi connectivity index (χ1) is 6.18. The van der Waals surface area contributed by atoms with Gasteiger partial charge in [-0.05, 0) is 19.4 Å². The summed E-state index contributed by atoms with van der Waals surface area (Å²) in [6.07, 6.45) is 3.49. The summed E-state index contributed by atoms with van der Waals surface area (Å²) in [4.78, 5) is 0. The fourth-order valence-electron chi connectivity index (χ4n) is 1.13. The van der Waals surface area contributed by atoms with Crippen molar-refractivity contribution in [1.29, 1.82) is 0 Å². The third-order valence-corrected chi connectivity index (χ3v) is 1.83. The molecule has 0 radical (unpaired) electrons. The zero-order chi connectivity index (χ0) is 9.68. The SMILES string of the molecule is CC(C)CNC(C)Cn1cnnc1. The molecule has 1 N–H and O–H groups in total. The average molecular weight is 182 g/mol. The standard InChI is InChI=1S/C9H18N4/c1-8(2)4-10-9(3)5-13-6-11-12-7-13/h6-10H,4-5H2,1-3H3. The summed E-state index contributed by atoms with van der Waals surface area (Å²) in [6.45, 7) is 8.57. The van der Waals surface area contributed by atoms with Crippen LogP contribution in [0.25, 0.3) is 0 Å². The number of hydrogen-bond donors (Lipinski definition) is 1. The molecular formula is C9H18N4. The summed E-state index contributed by atoms with van der Waals surface area (Å²) in [5.41, 5.74) is 0. The lowest BCUT2D eigenvalue weighted by Gasteiger charge is -2.15. The molecule has 0 amide bonds. The quantitative estimate of drug-likeness (QED) is 0.736. The smallest absolute Gasteiger partial charge is 0.119 e. The minimum atomic E-state index is 0.471. The number of nitrogens with one attached hydrogen (secondary N) is 1. The molecule has 1 rings (SSSR count). The van der Waals surface area contributed by atoms with Crippen LogP contribution in [0.2, 0.25) is 0 Å². The van der Waals surface area contributed by atoms with Gasteiger partial charge in [0.2, 0.25) is 0 Å². The molecule has 74 valence electrons. The van der Waals surface area contributed by atoms with Gasteiger partial charge in [0, 0.05) is 12.6 Å². The minimum Gasteiger partial charge on any atom is -0.319 e. The van der Waals surface area contributed by atoms with E-state index in [1.165, 1.54) is 0 Å². The highest BCUT2D eigenvalue weighted by atomic mass is 15.2. The highest BCUT2D eigenvalue weighted by Gasteiger charge is 2.02. The Morgan fingerprint density at radius 3 is 2.38 bits per heavy atom. The molecule has 4 nitrogen and oxygen atoms in total. The molecule has 0 aliphatic carbocycles. The number of nitrogens with zero attached hydrogens (tertiary/aromatic N) is 3. The maximum absolute atomic E-state index is 3.76. The maximum atomic E-state index is 3.76. The van der Waals surface area contributed by atoms with Gasteiger partial charge in [-0.15, -0.1) is 10.2 Å². The molecule has 0 aliphatic rings. The summed E-state index contributed by atoms with van der Waals surface area (Å²) >= 11 is 0. The van der Waals surface area contributed by atoms with Crippen LogP contribution in [0.15, 0.2) is 12.7 Å². The zero-order valence-electron chi connectivity index (χ0n) is 8.57. The largest absolute Gasteiger partial charge is 0.319 e. The van der Waals surface area contributed by atoms with E-state index >= 15 is 0 Å². The molecule has 1 atom stereocenters. The Morgan fingerprint density at radius 2 is 1.85 bits per heavy atom. The van der Waals surface area contributed by atoms with E-state index < -0.39 is 0 Å². The molecule has 0 aromatic carbocycles. The van der Waals surface area contributed by atoms with Crippen molar-refractivity contribution in [3.05, 3.63) is 12.7 Å². The topological polar surface area (TPSA) is 42.7 Å². The molecule has 1 aromatic rings. The molecule has 0 saturated heterocycles. The normalized spacial score (nSPS) is 13.5. The highest BCUT2D eigenvalue weighted by molar-refractivity contribution is 4.67. The van der Waals surface area contributed by atoms with Gasteiger partial charge >= 0.3 is 0 Å². The fraction of sp³-hybridized carbons (Fsp3) is 0.778. The van der Waals surface area contributed by atoms with Gasteiger partial charge in [0.15, 0.2) is 0 Å². The van der Waals surface area contributed by atoms with E-state index in [2.05, 4.69) is 36.3 Å². The summed E-state index contributed by atoms with van der Waals surface area (Å²) in [5.74, 6) is 0.698. The van der Waals surface area contributed by atoms with Gasteiger partial charge in [0.05, 0.1) is 0 Å². The van der Waals surface area contributed by atoms with Crippen molar-refractivity contribution < 1.29 is 0 Å². The molecule has 0 spiro atoms. The summed E-state index contributed by atoms with van der Waals surface area (Å²) in [7, 11) is 0. The number of aromatic nitrogens is 3. The van der Waals surface area contributed by atoms with Crippen LogP contribution in [0.3, 0.4) is 0 Å². The fourth-order valence-corrected chi connectivity index (χ4v) is 1.13. The minimum absolute atomic E-state index is 0.471. The van der Waals surface area contributed by atoms with E-state index in [9.17, 15) is 0 Å². The van der Waals surface area contributed by atoms with Gasteiger partial charge in [-0.1, -0.05) is 13.8 Å². The van der Waals surface area contributed by atoms with Gasteiger partial charge in [0.1, 0.15) is 12.7 Å². The van der Waals surface area contributed by atoms with Crippen LogP contribution in [0.4, 0.5) is 0 Å². The van der Waals surface area contributed by atoms with Crippen molar-refractivity contribution in [2.45, 2.75) is 33.4 Å². The third kappa shape index (κ3) is 4.03. The molecule has 1 heterocycles. The lowest BCUT2D eigenvalue weighted by atomic mass is 10.2. The summed E-state index contributed by atoms with van der Waals surface area (Å²) in [6, 6.07) is 0.471. The van der Waals surface area contributed by atoms with E-state index in [0.29, 0.717) is 12.0 Å². The molecule has 1 unspecified atom stereocenters. The van der Waals surface area contributed by atoms with E-state index in [0.717, 1.165) is 13.1 Å². The van der Waals surface area contributed by atoms with E-state index in [1.54, 1.807) is 12.7 Å². The molecule has 0 bridgehead atoms. The third-order valence-electron chi connectivity index (χ3n) is 1.83. The second-order valence-electron chi connectivity index (χ2n) is 3.86. The Kier molecular flexibility index (Phi) is 3.89. The van der Waals surface area contributed by atoms with Crippen molar-refractivity contribution in [3.63, 3.8) is 0 Å². The van der Waals surface area contributed by atoms with Gasteiger partial charge in [0.25, 0.3) is 0 Å². The van der Waals surface area contributed by atoms with Crippen LogP contribution in [0.1, 0.15) is 20.8 Å². The summed E-state index contributed by atoms with van der Waals surface area (Å²) < 4.78 is 1.98. The number of rotatable bonds is 5. The second kappa shape index (κ2) is 4.97. The Balaban J connectivity index is 2.22. The lowest BCUT2D eigenvalue weighted by Crippen LogP contribution is -2.32. The molecule has 4 heteroatoms. The first kappa shape index (κ1) is 10.2. The van der Waals surface area contributed by atoms with Gasteiger partial charge in [-0.3, -0.25) is 0 Å².